The van der Waals surface area contributed by atoms with Crippen molar-refractivity contribution in [1.82, 2.24) is 10.3 Å². The molecule has 140 valence electrons. The van der Waals surface area contributed by atoms with Crippen LogP contribution in [-0.2, 0) is 11.3 Å². The predicted octanol–water partition coefficient (Wildman–Crippen LogP) is 4.15. The van der Waals surface area contributed by atoms with Gasteiger partial charge in [-0.1, -0.05) is 0 Å². The van der Waals surface area contributed by atoms with Gasteiger partial charge < -0.3 is 10.2 Å². The molecule has 0 bridgehead atoms. The predicted molar refractivity (Wildman–Crippen MR) is 108 cm³/mol. The van der Waals surface area contributed by atoms with Crippen molar-refractivity contribution in [2.45, 2.75) is 19.4 Å². The molecular weight excluding hydrogens is 479 g/mol. The lowest BCUT2D eigenvalue weighted by Crippen LogP contribution is -2.40. The monoisotopic (exact) mass is 494 g/mol. The van der Waals surface area contributed by atoms with Crippen LogP contribution in [0.5, 0.6) is 0 Å². The molecule has 27 heavy (non-hydrogen) atoms. The highest BCUT2D eigenvalue weighted by atomic mass is 79.9. The SMILES string of the molecule is N#Cc1cc(F)ccc1N1CCC(C(=O)NCc2cc(Br)nc(Br)c2)CC1. The lowest BCUT2D eigenvalue weighted by Gasteiger charge is -2.33. The number of carbonyl (C=O) groups excluding carboxylic acids is 1. The molecule has 1 aliphatic rings. The van der Waals surface area contributed by atoms with Crippen LogP contribution in [0.1, 0.15) is 24.0 Å². The molecule has 5 nitrogen and oxygen atoms in total. The van der Waals surface area contributed by atoms with Gasteiger partial charge in [-0.15, -0.1) is 0 Å². The zero-order valence-electron chi connectivity index (χ0n) is 14.4. The fourth-order valence-corrected chi connectivity index (χ4v) is 4.41. The molecule has 0 aliphatic carbocycles. The Labute approximate surface area is 173 Å². The lowest BCUT2D eigenvalue weighted by atomic mass is 9.95. The minimum absolute atomic E-state index is 0.0262. The Balaban J connectivity index is 1.56. The van der Waals surface area contributed by atoms with E-state index in [1.807, 2.05) is 23.1 Å². The summed E-state index contributed by atoms with van der Waals surface area (Å²) in [5, 5.41) is 12.2. The molecule has 1 aromatic heterocycles. The summed E-state index contributed by atoms with van der Waals surface area (Å²) in [5.41, 5.74) is 2.01. The maximum Gasteiger partial charge on any atom is 0.223 e. The number of piperidine rings is 1. The molecule has 2 heterocycles. The van der Waals surface area contributed by atoms with Gasteiger partial charge in [-0.25, -0.2) is 9.37 Å². The van der Waals surface area contributed by atoms with E-state index in [2.05, 4.69) is 42.2 Å². The summed E-state index contributed by atoms with van der Waals surface area (Å²) < 4.78 is 14.7. The van der Waals surface area contributed by atoms with Crippen molar-refractivity contribution >= 4 is 43.5 Å². The molecule has 0 radical (unpaired) electrons. The standard InChI is InChI=1S/C19H17Br2FN4O/c20-17-7-12(8-18(21)25-17)11-24-19(27)13-3-5-26(6-4-13)16-2-1-15(22)9-14(16)10-23/h1-2,7-9,13H,3-6,11H2,(H,24,27). The number of carbonyl (C=O) groups is 1. The van der Waals surface area contributed by atoms with Crippen LogP contribution in [0.2, 0.25) is 0 Å². The van der Waals surface area contributed by atoms with E-state index in [4.69, 9.17) is 0 Å². The van der Waals surface area contributed by atoms with Crippen molar-refractivity contribution in [3.8, 4) is 6.07 Å². The number of anilines is 1. The van der Waals surface area contributed by atoms with Crippen molar-refractivity contribution < 1.29 is 9.18 Å². The number of benzene rings is 1. The van der Waals surface area contributed by atoms with Crippen LogP contribution in [0.25, 0.3) is 0 Å². The zero-order valence-corrected chi connectivity index (χ0v) is 17.6. The number of halogens is 3. The Morgan fingerprint density at radius 3 is 2.56 bits per heavy atom. The fraction of sp³-hybridized carbons (Fsp3) is 0.316. The highest BCUT2D eigenvalue weighted by molar-refractivity contribution is 9.11. The topological polar surface area (TPSA) is 69.0 Å². The number of nitriles is 1. The molecule has 0 saturated carbocycles. The number of aromatic nitrogens is 1. The molecule has 1 amide bonds. The fourth-order valence-electron chi connectivity index (χ4n) is 3.21. The van der Waals surface area contributed by atoms with Gasteiger partial charge in [0.1, 0.15) is 21.1 Å². The second-order valence-electron chi connectivity index (χ2n) is 6.37. The highest BCUT2D eigenvalue weighted by Crippen LogP contribution is 2.27. The molecule has 1 fully saturated rings. The van der Waals surface area contributed by atoms with Crippen LogP contribution < -0.4 is 10.2 Å². The van der Waals surface area contributed by atoms with Crippen molar-refractivity contribution in [1.29, 1.82) is 5.26 Å². The van der Waals surface area contributed by atoms with Crippen LogP contribution in [0, 0.1) is 23.1 Å². The third-order valence-electron chi connectivity index (χ3n) is 4.57. The number of nitrogens with zero attached hydrogens (tertiary/aromatic N) is 3. The molecular formula is C19H17Br2FN4O. The van der Waals surface area contributed by atoms with Gasteiger partial charge >= 0.3 is 0 Å². The van der Waals surface area contributed by atoms with Crippen molar-refractivity contribution in [2.75, 3.05) is 18.0 Å². The molecule has 8 heteroatoms. The first kappa shape index (κ1) is 19.8. The van der Waals surface area contributed by atoms with E-state index in [1.165, 1.54) is 12.1 Å². The first-order valence-corrected chi connectivity index (χ1v) is 10.1. The first-order valence-electron chi connectivity index (χ1n) is 8.50. The molecule has 1 aromatic carbocycles. The molecule has 2 aromatic rings. The third-order valence-corrected chi connectivity index (χ3v) is 5.39. The minimum Gasteiger partial charge on any atom is -0.370 e. The van der Waals surface area contributed by atoms with Gasteiger partial charge in [0.15, 0.2) is 0 Å². The molecule has 1 aliphatic heterocycles. The zero-order chi connectivity index (χ0) is 19.4. The molecule has 0 unspecified atom stereocenters. The summed E-state index contributed by atoms with van der Waals surface area (Å²) in [4.78, 5) is 18.7. The van der Waals surface area contributed by atoms with Crippen LogP contribution >= 0.6 is 31.9 Å². The normalized spacial score (nSPS) is 14.7. The van der Waals surface area contributed by atoms with Crippen LogP contribution in [0.3, 0.4) is 0 Å². The van der Waals surface area contributed by atoms with Gasteiger partial charge in [0.2, 0.25) is 5.91 Å². The summed E-state index contributed by atoms with van der Waals surface area (Å²) in [6, 6.07) is 10.0. The maximum atomic E-state index is 13.3. The van der Waals surface area contributed by atoms with Gasteiger partial charge in [-0.05, 0) is 80.6 Å². The Morgan fingerprint density at radius 1 is 1.26 bits per heavy atom. The summed E-state index contributed by atoms with van der Waals surface area (Å²) in [6.45, 7) is 1.75. The van der Waals surface area contributed by atoms with E-state index < -0.39 is 5.82 Å². The van der Waals surface area contributed by atoms with E-state index in [0.717, 1.165) is 11.3 Å². The van der Waals surface area contributed by atoms with Gasteiger partial charge in [0.25, 0.3) is 0 Å². The molecule has 3 rings (SSSR count). The highest BCUT2D eigenvalue weighted by Gasteiger charge is 2.26. The summed E-state index contributed by atoms with van der Waals surface area (Å²) in [6.07, 6.45) is 1.38. The second-order valence-corrected chi connectivity index (χ2v) is 8.00. The van der Waals surface area contributed by atoms with E-state index in [9.17, 15) is 14.4 Å². The number of amides is 1. The van der Waals surface area contributed by atoms with E-state index >= 15 is 0 Å². The first-order chi connectivity index (χ1) is 13.0. The second kappa shape index (κ2) is 8.81. The van der Waals surface area contributed by atoms with Crippen molar-refractivity contribution in [2.24, 2.45) is 5.92 Å². The Hall–Kier alpha value is -1.98. The summed E-state index contributed by atoms with van der Waals surface area (Å²) >= 11 is 6.67. The van der Waals surface area contributed by atoms with E-state index in [1.54, 1.807) is 6.07 Å². The van der Waals surface area contributed by atoms with Crippen LogP contribution in [0.4, 0.5) is 10.1 Å². The number of rotatable bonds is 4. The lowest BCUT2D eigenvalue weighted by molar-refractivity contribution is -0.125. The Morgan fingerprint density at radius 2 is 1.93 bits per heavy atom. The largest absolute Gasteiger partial charge is 0.370 e. The number of pyridine rings is 1. The average molecular weight is 496 g/mol. The van der Waals surface area contributed by atoms with Gasteiger partial charge in [0.05, 0.1) is 11.3 Å². The molecule has 1 N–H and O–H groups in total. The Kier molecular flexibility index (Phi) is 6.45. The molecule has 1 saturated heterocycles. The number of nitrogens with one attached hydrogen (secondary N) is 1. The maximum absolute atomic E-state index is 13.3. The third kappa shape index (κ3) is 5.05. The van der Waals surface area contributed by atoms with Gasteiger partial charge in [-0.3, -0.25) is 4.79 Å². The van der Waals surface area contributed by atoms with Crippen LogP contribution in [0.15, 0.2) is 39.5 Å². The number of hydrogen-bond donors (Lipinski definition) is 1. The van der Waals surface area contributed by atoms with Crippen molar-refractivity contribution in [3.05, 3.63) is 56.5 Å². The quantitative estimate of drug-likeness (QED) is 0.647. The molecule has 0 spiro atoms. The average Bonchev–Trinajstić information content (AvgIpc) is 2.65. The summed E-state index contributed by atoms with van der Waals surface area (Å²) in [7, 11) is 0. The van der Waals surface area contributed by atoms with Crippen molar-refractivity contribution in [3.63, 3.8) is 0 Å². The van der Waals surface area contributed by atoms with Crippen LogP contribution in [-0.4, -0.2) is 24.0 Å². The van der Waals surface area contributed by atoms with Gasteiger partial charge in [0, 0.05) is 25.6 Å². The van der Waals surface area contributed by atoms with E-state index in [-0.39, 0.29) is 11.8 Å². The van der Waals surface area contributed by atoms with Gasteiger partial charge in [-0.2, -0.15) is 5.26 Å². The smallest absolute Gasteiger partial charge is 0.223 e. The summed E-state index contributed by atoms with van der Waals surface area (Å²) in [5.74, 6) is -0.460. The minimum atomic E-state index is -0.418. The number of hydrogen-bond acceptors (Lipinski definition) is 4. The molecule has 0 atom stereocenters. The Bertz CT molecular complexity index is 872. The van der Waals surface area contributed by atoms with E-state index in [0.29, 0.717) is 47.2 Å².